The summed E-state index contributed by atoms with van der Waals surface area (Å²) in [7, 11) is 3.90. The number of nitrogens with one attached hydrogen (secondary N) is 4. The molecule has 0 aliphatic rings. The Hall–Kier alpha value is -4.14. The first kappa shape index (κ1) is 35.3. The molecule has 244 valence electrons. The summed E-state index contributed by atoms with van der Waals surface area (Å²) >= 11 is 0. The van der Waals surface area contributed by atoms with Gasteiger partial charge in [-0.25, -0.2) is 9.97 Å². The molecule has 0 fully saturated rings. The maximum atomic E-state index is 12.8. The molecule has 0 atom stereocenters. The molecule has 0 aliphatic heterocycles. The van der Waals surface area contributed by atoms with Crippen LogP contribution in [0.4, 0.5) is 29.0 Å². The van der Waals surface area contributed by atoms with Crippen molar-refractivity contribution in [2.45, 2.75) is 19.4 Å². The van der Waals surface area contributed by atoms with E-state index in [0.717, 1.165) is 24.5 Å². The summed E-state index contributed by atoms with van der Waals surface area (Å²) in [5.41, 5.74) is 1.37. The third kappa shape index (κ3) is 12.4. The van der Waals surface area contributed by atoms with Crippen molar-refractivity contribution >= 4 is 34.9 Å². The van der Waals surface area contributed by atoms with E-state index in [1.165, 1.54) is 6.20 Å². The number of likely N-dealkylation sites (N-methyl/N-ethyl adjacent to an activating group) is 2. The van der Waals surface area contributed by atoms with E-state index in [-0.39, 0.29) is 23.2 Å². The lowest BCUT2D eigenvalue weighted by molar-refractivity contribution is 0.0167. The first-order chi connectivity index (χ1) is 21.7. The van der Waals surface area contributed by atoms with E-state index in [2.05, 4.69) is 47.7 Å². The van der Waals surface area contributed by atoms with E-state index in [0.29, 0.717) is 57.7 Å². The van der Waals surface area contributed by atoms with E-state index >= 15 is 0 Å². The number of carbonyl (C=O) groups excluding carboxylic acids is 1. The highest BCUT2D eigenvalue weighted by Crippen LogP contribution is 2.24. The van der Waals surface area contributed by atoms with Gasteiger partial charge in [0.1, 0.15) is 22.8 Å². The van der Waals surface area contributed by atoms with Crippen molar-refractivity contribution in [1.29, 1.82) is 0 Å². The molecule has 13 heteroatoms. The molecule has 2 aromatic heterocycles. The lowest BCUT2D eigenvalue weighted by atomic mass is 10.1. The Balaban J connectivity index is 1.56. The summed E-state index contributed by atoms with van der Waals surface area (Å²) in [6.07, 6.45) is 3.04. The maximum absolute atomic E-state index is 12.8. The molecule has 0 unspecified atom stereocenters. The number of ether oxygens (including phenoxy) is 3. The molecular weight excluding hydrogens is 576 g/mol. The van der Waals surface area contributed by atoms with Crippen LogP contribution < -0.4 is 26.2 Å². The Morgan fingerprint density at radius 2 is 1.67 bits per heavy atom. The lowest BCUT2D eigenvalue weighted by Gasteiger charge is -2.20. The number of aliphatic hydroxyl groups is 1. The summed E-state index contributed by atoms with van der Waals surface area (Å²) in [5, 5.41) is 22.5. The molecule has 0 saturated carbocycles. The molecule has 2 heterocycles. The molecule has 0 spiro atoms. The minimum absolute atomic E-state index is 0.234. The minimum Gasteiger partial charge on any atom is -0.384 e. The van der Waals surface area contributed by atoms with Crippen molar-refractivity contribution in [2.75, 3.05) is 88.9 Å². The highest BCUT2D eigenvalue weighted by Gasteiger charge is 2.19. The number of rotatable bonds is 21. The van der Waals surface area contributed by atoms with Crippen LogP contribution in [0.3, 0.4) is 0 Å². The molecule has 0 saturated heterocycles. The fourth-order valence-corrected chi connectivity index (χ4v) is 3.91. The summed E-state index contributed by atoms with van der Waals surface area (Å²) in [4.78, 5) is 28.3. The third-order valence-corrected chi connectivity index (χ3v) is 6.44. The zero-order chi connectivity index (χ0) is 32.5. The van der Waals surface area contributed by atoms with Crippen molar-refractivity contribution in [3.63, 3.8) is 0 Å². The molecule has 3 rings (SSSR count). The van der Waals surface area contributed by atoms with Gasteiger partial charge in [0.05, 0.1) is 45.3 Å². The molecule has 3 aromatic rings. The molecule has 0 aliphatic carbocycles. The number of hydrogen-bond donors (Lipinski definition) is 5. The Labute approximate surface area is 265 Å². The number of nitrogens with zero attached hydrogens (tertiary/aromatic N) is 4. The SMILES string of the molecule is C=CCNC(=O)c1cnc(Nc2ccc(N(C)CCOCCOCCOCCNC)cc2)nc1Nc1cccc(C(C)(C)O)n1. The number of pyridine rings is 1. The predicted molar refractivity (Wildman–Crippen MR) is 177 cm³/mol. The van der Waals surface area contributed by atoms with Crippen molar-refractivity contribution in [3.8, 4) is 0 Å². The molecule has 13 nitrogen and oxygen atoms in total. The van der Waals surface area contributed by atoms with Gasteiger partial charge in [-0.15, -0.1) is 6.58 Å². The maximum Gasteiger partial charge on any atom is 0.256 e. The van der Waals surface area contributed by atoms with Crippen LogP contribution in [-0.2, 0) is 19.8 Å². The first-order valence-corrected chi connectivity index (χ1v) is 14.9. The van der Waals surface area contributed by atoms with Gasteiger partial charge in [-0.05, 0) is 57.3 Å². The summed E-state index contributed by atoms with van der Waals surface area (Å²) in [6, 6.07) is 13.1. The average Bonchev–Trinajstić information content (AvgIpc) is 3.02. The number of anilines is 5. The van der Waals surface area contributed by atoms with E-state index in [9.17, 15) is 9.90 Å². The summed E-state index contributed by atoms with van der Waals surface area (Å²) in [6.45, 7) is 12.2. The molecule has 1 amide bonds. The second kappa shape index (κ2) is 18.6. The highest BCUT2D eigenvalue weighted by atomic mass is 16.5. The van der Waals surface area contributed by atoms with Gasteiger partial charge in [0, 0.05) is 44.3 Å². The quantitative estimate of drug-likeness (QED) is 0.0875. The van der Waals surface area contributed by atoms with Crippen LogP contribution in [0.1, 0.15) is 29.9 Å². The minimum atomic E-state index is -1.13. The van der Waals surface area contributed by atoms with Crippen LogP contribution in [0.5, 0.6) is 0 Å². The van der Waals surface area contributed by atoms with Gasteiger partial charge in [0.25, 0.3) is 5.91 Å². The van der Waals surface area contributed by atoms with Crippen LogP contribution in [0, 0.1) is 0 Å². The zero-order valence-electron chi connectivity index (χ0n) is 26.6. The van der Waals surface area contributed by atoms with Crippen LogP contribution in [0.25, 0.3) is 0 Å². The van der Waals surface area contributed by atoms with Gasteiger partial charge in [0.15, 0.2) is 0 Å². The number of aromatic nitrogens is 3. The van der Waals surface area contributed by atoms with Gasteiger partial charge in [0.2, 0.25) is 5.95 Å². The second-order valence-electron chi connectivity index (χ2n) is 10.6. The molecule has 1 aromatic carbocycles. The van der Waals surface area contributed by atoms with Gasteiger partial charge >= 0.3 is 0 Å². The summed E-state index contributed by atoms with van der Waals surface area (Å²) in [5.74, 6) is 0.606. The molecule has 5 N–H and O–H groups in total. The van der Waals surface area contributed by atoms with Crippen molar-refractivity contribution in [2.24, 2.45) is 0 Å². The lowest BCUT2D eigenvalue weighted by Crippen LogP contribution is -2.25. The standard InChI is InChI=1S/C32H46N8O5/c1-6-14-34-30(41)26-23-35-31(39-29(26)38-28-9-7-8-27(37-28)32(2,3)42)36-24-10-12-25(13-11-24)40(5)16-18-44-20-22-45-21-19-43-17-15-33-4/h6-13,23,33,42H,1,14-22H2,2-5H3,(H,34,41)(H2,35,36,37,38,39). The van der Waals surface area contributed by atoms with Crippen molar-refractivity contribution in [3.05, 3.63) is 72.6 Å². The monoisotopic (exact) mass is 622 g/mol. The van der Waals surface area contributed by atoms with Crippen molar-refractivity contribution in [1.82, 2.24) is 25.6 Å². The van der Waals surface area contributed by atoms with Gasteiger partial charge in [-0.2, -0.15) is 4.98 Å². The number of hydrogen-bond acceptors (Lipinski definition) is 12. The number of benzene rings is 1. The van der Waals surface area contributed by atoms with Crippen molar-refractivity contribution < 1.29 is 24.1 Å². The normalized spacial score (nSPS) is 11.2. The van der Waals surface area contributed by atoms with E-state index in [1.807, 2.05) is 38.4 Å². The van der Waals surface area contributed by atoms with Crippen LogP contribution >= 0.6 is 0 Å². The van der Waals surface area contributed by atoms with Crippen LogP contribution in [0.15, 0.2) is 61.3 Å². The van der Waals surface area contributed by atoms with Gasteiger partial charge < -0.3 is 45.5 Å². The fourth-order valence-electron chi connectivity index (χ4n) is 3.91. The van der Waals surface area contributed by atoms with Crippen LogP contribution in [-0.4, -0.2) is 99.3 Å². The second-order valence-corrected chi connectivity index (χ2v) is 10.6. The van der Waals surface area contributed by atoms with E-state index in [4.69, 9.17) is 14.2 Å². The van der Waals surface area contributed by atoms with Crippen LogP contribution in [0.2, 0.25) is 0 Å². The Morgan fingerprint density at radius 1 is 0.978 bits per heavy atom. The first-order valence-electron chi connectivity index (χ1n) is 14.9. The average molecular weight is 623 g/mol. The fraction of sp³-hybridized carbons (Fsp3) is 0.438. The Morgan fingerprint density at radius 3 is 2.33 bits per heavy atom. The van der Waals surface area contributed by atoms with Gasteiger partial charge in [-0.3, -0.25) is 4.79 Å². The highest BCUT2D eigenvalue weighted by molar-refractivity contribution is 5.99. The Kier molecular flexibility index (Phi) is 14.6. The smallest absolute Gasteiger partial charge is 0.256 e. The third-order valence-electron chi connectivity index (χ3n) is 6.44. The summed E-state index contributed by atoms with van der Waals surface area (Å²) < 4.78 is 16.6. The molecule has 0 bridgehead atoms. The van der Waals surface area contributed by atoms with Gasteiger partial charge in [-0.1, -0.05) is 12.1 Å². The Bertz CT molecular complexity index is 1330. The topological polar surface area (TPSA) is 155 Å². The predicted octanol–water partition coefficient (Wildman–Crippen LogP) is 3.21. The largest absolute Gasteiger partial charge is 0.384 e. The number of carbonyl (C=O) groups is 1. The molecule has 45 heavy (non-hydrogen) atoms. The number of amides is 1. The molecular formula is C32H46N8O5. The zero-order valence-corrected chi connectivity index (χ0v) is 26.6. The van der Waals surface area contributed by atoms with E-state index < -0.39 is 5.60 Å². The molecule has 0 radical (unpaired) electrons. The van der Waals surface area contributed by atoms with E-state index in [1.54, 1.807) is 38.1 Å².